The molecule has 7 heteroatoms. The standard InChI is InChI=1S/C26H24BrNO4S/c1-18-5-13-22(14-6-18)33-23-15-11-21(12-16-23)28-25(30)3-2-4-26(31)32-17-24(29)19-7-9-20(27)10-8-19/h5-16H,2-4,17H2,1H3,(H,28,30). The second-order valence-corrected chi connectivity index (χ2v) is 9.49. The van der Waals surface area contributed by atoms with Crippen LogP contribution in [0.5, 0.6) is 0 Å². The summed E-state index contributed by atoms with van der Waals surface area (Å²) in [6.45, 7) is 1.75. The number of esters is 1. The van der Waals surface area contributed by atoms with Crippen molar-refractivity contribution in [2.45, 2.75) is 36.0 Å². The average molecular weight is 526 g/mol. The minimum Gasteiger partial charge on any atom is -0.457 e. The third-order valence-electron chi connectivity index (χ3n) is 4.71. The Morgan fingerprint density at radius 3 is 2.09 bits per heavy atom. The molecule has 0 heterocycles. The first kappa shape index (κ1) is 24.7. The van der Waals surface area contributed by atoms with Crippen molar-refractivity contribution in [1.82, 2.24) is 0 Å². The monoisotopic (exact) mass is 525 g/mol. The zero-order valence-corrected chi connectivity index (χ0v) is 20.6. The second-order valence-electron chi connectivity index (χ2n) is 7.43. The number of ether oxygens (including phenoxy) is 1. The van der Waals surface area contributed by atoms with Crippen LogP contribution in [0.2, 0.25) is 0 Å². The Morgan fingerprint density at radius 1 is 0.848 bits per heavy atom. The number of aryl methyl sites for hydroxylation is 1. The zero-order valence-electron chi connectivity index (χ0n) is 18.2. The molecule has 0 fully saturated rings. The molecule has 3 aromatic carbocycles. The number of hydrogen-bond donors (Lipinski definition) is 1. The summed E-state index contributed by atoms with van der Waals surface area (Å²) in [4.78, 5) is 38.3. The molecule has 0 atom stereocenters. The molecule has 0 unspecified atom stereocenters. The highest BCUT2D eigenvalue weighted by Crippen LogP contribution is 2.28. The number of carbonyl (C=O) groups excluding carboxylic acids is 3. The molecule has 170 valence electrons. The maximum Gasteiger partial charge on any atom is 0.306 e. The van der Waals surface area contributed by atoms with Gasteiger partial charge < -0.3 is 10.1 Å². The van der Waals surface area contributed by atoms with Crippen LogP contribution in [0.3, 0.4) is 0 Å². The van der Waals surface area contributed by atoms with Crippen LogP contribution in [0.15, 0.2) is 87.1 Å². The van der Waals surface area contributed by atoms with Crippen LogP contribution < -0.4 is 5.32 Å². The molecule has 0 radical (unpaired) electrons. The molecule has 3 aromatic rings. The lowest BCUT2D eigenvalue weighted by atomic mass is 10.1. The number of rotatable bonds is 10. The number of Topliss-reactive ketones (excluding diaryl/α,β-unsaturated/α-hetero) is 1. The Kier molecular flexibility index (Phi) is 9.27. The van der Waals surface area contributed by atoms with Crippen LogP contribution in [-0.4, -0.2) is 24.3 Å². The van der Waals surface area contributed by atoms with Gasteiger partial charge in [-0.05, 0) is 61.9 Å². The molecule has 33 heavy (non-hydrogen) atoms. The van der Waals surface area contributed by atoms with Gasteiger partial charge in [-0.2, -0.15) is 0 Å². The molecule has 0 spiro atoms. The predicted molar refractivity (Wildman–Crippen MR) is 134 cm³/mol. The van der Waals surface area contributed by atoms with Crippen molar-refractivity contribution in [3.8, 4) is 0 Å². The summed E-state index contributed by atoms with van der Waals surface area (Å²) >= 11 is 4.96. The third kappa shape index (κ3) is 8.51. The van der Waals surface area contributed by atoms with Crippen molar-refractivity contribution >= 4 is 51.0 Å². The van der Waals surface area contributed by atoms with Gasteiger partial charge in [0.05, 0.1) is 0 Å². The third-order valence-corrected chi connectivity index (χ3v) is 6.25. The van der Waals surface area contributed by atoms with Gasteiger partial charge in [-0.3, -0.25) is 14.4 Å². The number of carbonyl (C=O) groups is 3. The molecule has 0 aromatic heterocycles. The molecule has 0 aliphatic carbocycles. The summed E-state index contributed by atoms with van der Waals surface area (Å²) in [5, 5.41) is 2.83. The van der Waals surface area contributed by atoms with Crippen LogP contribution in [0.1, 0.15) is 35.2 Å². The number of halogens is 1. The van der Waals surface area contributed by atoms with E-state index in [-0.39, 0.29) is 31.1 Å². The summed E-state index contributed by atoms with van der Waals surface area (Å²) < 4.78 is 5.89. The summed E-state index contributed by atoms with van der Waals surface area (Å²) in [5.74, 6) is -0.934. The van der Waals surface area contributed by atoms with Crippen molar-refractivity contribution in [1.29, 1.82) is 0 Å². The molecule has 3 rings (SSSR count). The Hall–Kier alpha value is -2.90. The van der Waals surface area contributed by atoms with Crippen LogP contribution in [0, 0.1) is 6.92 Å². The first-order chi connectivity index (χ1) is 15.9. The van der Waals surface area contributed by atoms with Crippen LogP contribution in [0.25, 0.3) is 0 Å². The Balaban J connectivity index is 1.35. The number of ketones is 1. The fraction of sp³-hybridized carbons (Fsp3) is 0.192. The Morgan fingerprint density at radius 2 is 1.45 bits per heavy atom. The lowest BCUT2D eigenvalue weighted by Crippen LogP contribution is -2.15. The normalized spacial score (nSPS) is 10.5. The Labute approximate surface area is 206 Å². The summed E-state index contributed by atoms with van der Waals surface area (Å²) in [6.07, 6.45) is 0.612. The largest absolute Gasteiger partial charge is 0.457 e. The maximum atomic E-state index is 12.2. The molecule has 0 aliphatic rings. The van der Waals surface area contributed by atoms with Gasteiger partial charge in [0.2, 0.25) is 5.91 Å². The minimum atomic E-state index is -0.495. The average Bonchev–Trinajstić information content (AvgIpc) is 2.81. The van der Waals surface area contributed by atoms with E-state index in [1.165, 1.54) is 5.56 Å². The number of amides is 1. The van der Waals surface area contributed by atoms with Crippen molar-refractivity contribution in [3.63, 3.8) is 0 Å². The summed E-state index contributed by atoms with van der Waals surface area (Å²) in [6, 6.07) is 22.8. The lowest BCUT2D eigenvalue weighted by Gasteiger charge is -2.07. The number of benzene rings is 3. The van der Waals surface area contributed by atoms with Crippen LogP contribution in [0.4, 0.5) is 5.69 Å². The van der Waals surface area contributed by atoms with E-state index in [4.69, 9.17) is 4.74 Å². The molecule has 1 amide bonds. The van der Waals surface area contributed by atoms with Gasteiger partial charge in [-0.25, -0.2) is 0 Å². The molecular formula is C26H24BrNO4S. The van der Waals surface area contributed by atoms with E-state index in [0.717, 1.165) is 14.3 Å². The first-order valence-corrected chi connectivity index (χ1v) is 12.1. The highest BCUT2D eigenvalue weighted by atomic mass is 79.9. The van der Waals surface area contributed by atoms with E-state index in [1.54, 1.807) is 36.0 Å². The van der Waals surface area contributed by atoms with Crippen molar-refractivity contribution in [2.75, 3.05) is 11.9 Å². The zero-order chi connectivity index (χ0) is 23.6. The quantitative estimate of drug-likeness (QED) is 0.243. The fourth-order valence-corrected chi connectivity index (χ4v) is 3.98. The van der Waals surface area contributed by atoms with E-state index in [9.17, 15) is 14.4 Å². The van der Waals surface area contributed by atoms with Gasteiger partial charge in [0.25, 0.3) is 0 Å². The highest BCUT2D eigenvalue weighted by molar-refractivity contribution is 9.10. The molecule has 1 N–H and O–H groups in total. The predicted octanol–water partition coefficient (Wildman–Crippen LogP) is 6.44. The van der Waals surface area contributed by atoms with E-state index in [1.807, 2.05) is 24.3 Å². The summed E-state index contributed by atoms with van der Waals surface area (Å²) in [7, 11) is 0. The Bertz CT molecular complexity index is 1100. The van der Waals surface area contributed by atoms with E-state index in [2.05, 4.69) is 52.4 Å². The van der Waals surface area contributed by atoms with Gasteiger partial charge in [-0.1, -0.05) is 57.5 Å². The lowest BCUT2D eigenvalue weighted by molar-refractivity contribution is -0.142. The molecule has 0 bridgehead atoms. The topological polar surface area (TPSA) is 72.5 Å². The van der Waals surface area contributed by atoms with Gasteiger partial charge in [0, 0.05) is 38.4 Å². The van der Waals surface area contributed by atoms with Gasteiger partial charge in [-0.15, -0.1) is 0 Å². The first-order valence-electron chi connectivity index (χ1n) is 10.5. The SMILES string of the molecule is Cc1ccc(Sc2ccc(NC(=O)CCCC(=O)OCC(=O)c3ccc(Br)cc3)cc2)cc1. The molecule has 5 nitrogen and oxygen atoms in total. The van der Waals surface area contributed by atoms with Crippen LogP contribution >= 0.6 is 27.7 Å². The second kappa shape index (κ2) is 12.4. The smallest absolute Gasteiger partial charge is 0.306 e. The van der Waals surface area contributed by atoms with Gasteiger partial charge in [0.15, 0.2) is 12.4 Å². The van der Waals surface area contributed by atoms with Crippen LogP contribution in [-0.2, 0) is 14.3 Å². The maximum absolute atomic E-state index is 12.2. The van der Waals surface area contributed by atoms with Gasteiger partial charge >= 0.3 is 5.97 Å². The molecule has 0 saturated heterocycles. The van der Waals surface area contributed by atoms with Crippen molar-refractivity contribution < 1.29 is 19.1 Å². The highest BCUT2D eigenvalue weighted by Gasteiger charge is 2.11. The number of nitrogens with one attached hydrogen (secondary N) is 1. The van der Waals surface area contributed by atoms with E-state index in [0.29, 0.717) is 17.7 Å². The van der Waals surface area contributed by atoms with Gasteiger partial charge in [0.1, 0.15) is 0 Å². The fourth-order valence-electron chi connectivity index (χ4n) is 2.90. The number of anilines is 1. The summed E-state index contributed by atoms with van der Waals surface area (Å²) in [5.41, 5.74) is 2.41. The van der Waals surface area contributed by atoms with Crippen molar-refractivity contribution in [3.05, 3.63) is 88.4 Å². The van der Waals surface area contributed by atoms with Crippen molar-refractivity contribution in [2.24, 2.45) is 0 Å². The minimum absolute atomic E-state index is 0.0766. The van der Waals surface area contributed by atoms with E-state index < -0.39 is 5.97 Å². The molecular weight excluding hydrogens is 502 g/mol. The van der Waals surface area contributed by atoms with E-state index >= 15 is 0 Å². The number of hydrogen-bond acceptors (Lipinski definition) is 5. The molecule has 0 saturated carbocycles. The molecule has 0 aliphatic heterocycles.